The van der Waals surface area contributed by atoms with Crippen LogP contribution in [0, 0.1) is 0 Å². The minimum Gasteiger partial charge on any atom is -0.459 e. The lowest BCUT2D eigenvalue weighted by atomic mass is 10.1. The lowest BCUT2D eigenvalue weighted by molar-refractivity contribution is -0.116. The Morgan fingerprint density at radius 2 is 1.79 bits per heavy atom. The lowest BCUT2D eigenvalue weighted by Crippen LogP contribution is -2.12. The van der Waals surface area contributed by atoms with Gasteiger partial charge in [0.2, 0.25) is 5.89 Å². The van der Waals surface area contributed by atoms with Gasteiger partial charge in [-0.2, -0.15) is 0 Å². The quantitative estimate of drug-likeness (QED) is 0.527. The van der Waals surface area contributed by atoms with E-state index in [0.717, 1.165) is 5.56 Å². The number of hydrogen-bond donors (Lipinski definition) is 1. The van der Waals surface area contributed by atoms with E-state index in [4.69, 9.17) is 8.83 Å². The summed E-state index contributed by atoms with van der Waals surface area (Å²) in [4.78, 5) is 23.9. The predicted octanol–water partition coefficient (Wildman–Crippen LogP) is 4.38. The first kappa shape index (κ1) is 18.4. The van der Waals surface area contributed by atoms with Crippen molar-refractivity contribution in [2.75, 3.05) is 5.32 Å². The van der Waals surface area contributed by atoms with Crippen molar-refractivity contribution in [3.05, 3.63) is 78.1 Å². The fourth-order valence-corrected chi connectivity index (χ4v) is 2.88. The van der Waals surface area contributed by atoms with Crippen molar-refractivity contribution < 1.29 is 18.4 Å². The molecule has 0 saturated heterocycles. The summed E-state index contributed by atoms with van der Waals surface area (Å²) in [5.74, 6) is 0.856. The molecule has 0 saturated carbocycles. The highest BCUT2D eigenvalue weighted by Crippen LogP contribution is 2.26. The van der Waals surface area contributed by atoms with Crippen LogP contribution in [0.2, 0.25) is 0 Å². The van der Waals surface area contributed by atoms with Crippen LogP contribution in [0.1, 0.15) is 22.8 Å². The molecule has 144 valence electrons. The van der Waals surface area contributed by atoms with Gasteiger partial charge in [-0.15, -0.1) is 10.2 Å². The van der Waals surface area contributed by atoms with E-state index in [1.807, 2.05) is 12.1 Å². The zero-order chi connectivity index (χ0) is 20.2. The first-order valence-corrected chi connectivity index (χ1v) is 8.96. The molecular formula is C22H17N3O4. The Bertz CT molecular complexity index is 1160. The Kier molecular flexibility index (Phi) is 5.03. The van der Waals surface area contributed by atoms with Crippen molar-refractivity contribution in [1.82, 2.24) is 10.2 Å². The Hall–Kier alpha value is -4.00. The third kappa shape index (κ3) is 4.30. The number of benzene rings is 2. The number of carbonyl (C=O) groups excluding carboxylic acids is 2. The van der Waals surface area contributed by atoms with Gasteiger partial charge in [0.1, 0.15) is 5.78 Å². The van der Waals surface area contributed by atoms with E-state index >= 15 is 0 Å². The molecular weight excluding hydrogens is 370 g/mol. The number of nitrogens with zero attached hydrogens (tertiary/aromatic N) is 2. The van der Waals surface area contributed by atoms with E-state index in [9.17, 15) is 9.59 Å². The highest BCUT2D eigenvalue weighted by molar-refractivity contribution is 6.04. The number of ketones is 1. The van der Waals surface area contributed by atoms with Gasteiger partial charge in [0, 0.05) is 23.2 Å². The largest absolute Gasteiger partial charge is 0.459 e. The molecule has 2 aromatic carbocycles. The maximum Gasteiger partial charge on any atom is 0.283 e. The molecule has 0 spiro atoms. The smallest absolute Gasteiger partial charge is 0.283 e. The molecule has 0 bridgehead atoms. The summed E-state index contributed by atoms with van der Waals surface area (Å²) in [6.45, 7) is 1.52. The number of aromatic nitrogens is 2. The van der Waals surface area contributed by atoms with Crippen molar-refractivity contribution in [1.29, 1.82) is 0 Å². The molecule has 0 radical (unpaired) electrons. The minimum atomic E-state index is -0.269. The van der Waals surface area contributed by atoms with Crippen LogP contribution >= 0.6 is 0 Å². The van der Waals surface area contributed by atoms with Crippen LogP contribution in [0.3, 0.4) is 0 Å². The van der Waals surface area contributed by atoms with E-state index in [1.165, 1.54) is 13.2 Å². The number of amides is 1. The molecule has 0 aliphatic heterocycles. The fraction of sp³-hybridized carbons (Fsp3) is 0.0909. The number of hydrogen-bond acceptors (Lipinski definition) is 6. The SMILES string of the molecule is CC(=O)Cc1cccc(C(=O)Nc2cccc(-c3nnc(-c4ccco4)o3)c2)c1. The second-order valence-electron chi connectivity index (χ2n) is 6.50. The molecule has 0 atom stereocenters. The molecule has 7 nitrogen and oxygen atoms in total. The first-order chi connectivity index (χ1) is 14.1. The Morgan fingerprint density at radius 1 is 0.966 bits per heavy atom. The van der Waals surface area contributed by atoms with Gasteiger partial charge < -0.3 is 14.2 Å². The number of furan rings is 1. The predicted molar refractivity (Wildman–Crippen MR) is 106 cm³/mol. The summed E-state index contributed by atoms with van der Waals surface area (Å²) < 4.78 is 10.9. The van der Waals surface area contributed by atoms with Gasteiger partial charge >= 0.3 is 0 Å². The highest BCUT2D eigenvalue weighted by Gasteiger charge is 2.14. The van der Waals surface area contributed by atoms with Crippen molar-refractivity contribution in [3.8, 4) is 23.1 Å². The van der Waals surface area contributed by atoms with Crippen LogP contribution in [0.4, 0.5) is 5.69 Å². The van der Waals surface area contributed by atoms with E-state index < -0.39 is 0 Å². The third-order valence-electron chi connectivity index (χ3n) is 4.17. The molecule has 1 N–H and O–H groups in total. The lowest BCUT2D eigenvalue weighted by Gasteiger charge is -2.07. The number of anilines is 1. The van der Waals surface area contributed by atoms with Gasteiger partial charge in [-0.25, -0.2) is 0 Å². The summed E-state index contributed by atoms with van der Waals surface area (Å²) in [5, 5.41) is 10.9. The first-order valence-electron chi connectivity index (χ1n) is 8.96. The van der Waals surface area contributed by atoms with E-state index in [-0.39, 0.29) is 17.6 Å². The summed E-state index contributed by atoms with van der Waals surface area (Å²) in [5.41, 5.74) is 2.53. The average Bonchev–Trinajstić information content (AvgIpc) is 3.40. The standard InChI is InChI=1S/C22H17N3O4/c1-14(26)11-15-5-2-6-16(12-15)20(27)23-18-8-3-7-17(13-18)21-24-25-22(29-21)19-9-4-10-28-19/h2-10,12-13H,11H2,1H3,(H,23,27). The molecule has 0 fully saturated rings. The normalized spacial score (nSPS) is 10.7. The molecule has 29 heavy (non-hydrogen) atoms. The average molecular weight is 387 g/mol. The molecule has 0 unspecified atom stereocenters. The second kappa shape index (κ2) is 7.93. The van der Waals surface area contributed by atoms with Crippen molar-refractivity contribution in [3.63, 3.8) is 0 Å². The van der Waals surface area contributed by atoms with Crippen LogP contribution < -0.4 is 5.32 Å². The number of nitrogens with one attached hydrogen (secondary N) is 1. The summed E-state index contributed by atoms with van der Waals surface area (Å²) in [7, 11) is 0. The number of Topliss-reactive ketones (excluding diaryl/α,β-unsaturated/α-hetero) is 1. The van der Waals surface area contributed by atoms with Crippen LogP contribution in [0.5, 0.6) is 0 Å². The molecule has 2 aromatic heterocycles. The van der Waals surface area contributed by atoms with Crippen molar-refractivity contribution >= 4 is 17.4 Å². The van der Waals surface area contributed by atoms with Crippen LogP contribution in [-0.4, -0.2) is 21.9 Å². The molecule has 7 heteroatoms. The topological polar surface area (TPSA) is 98.2 Å². The van der Waals surface area contributed by atoms with E-state index in [2.05, 4.69) is 15.5 Å². The van der Waals surface area contributed by atoms with Gasteiger partial charge in [0.05, 0.1) is 6.26 Å². The van der Waals surface area contributed by atoms with Crippen molar-refractivity contribution in [2.24, 2.45) is 0 Å². The molecule has 2 heterocycles. The second-order valence-corrected chi connectivity index (χ2v) is 6.50. The van der Waals surface area contributed by atoms with Gasteiger partial charge in [0.25, 0.3) is 11.8 Å². The Morgan fingerprint density at radius 3 is 2.59 bits per heavy atom. The maximum absolute atomic E-state index is 12.6. The zero-order valence-electron chi connectivity index (χ0n) is 15.6. The highest BCUT2D eigenvalue weighted by atomic mass is 16.4. The molecule has 0 aliphatic rings. The molecule has 0 aliphatic carbocycles. The monoisotopic (exact) mass is 387 g/mol. The number of carbonyl (C=O) groups is 2. The van der Waals surface area contributed by atoms with Crippen LogP contribution in [0.15, 0.2) is 75.8 Å². The van der Waals surface area contributed by atoms with E-state index in [0.29, 0.717) is 34.9 Å². The maximum atomic E-state index is 12.6. The Balaban J connectivity index is 1.52. The zero-order valence-corrected chi connectivity index (χ0v) is 15.6. The molecule has 1 amide bonds. The van der Waals surface area contributed by atoms with Gasteiger partial charge in [-0.1, -0.05) is 18.2 Å². The molecule has 4 rings (SSSR count). The van der Waals surface area contributed by atoms with Gasteiger partial charge in [0.15, 0.2) is 5.76 Å². The van der Waals surface area contributed by atoms with Gasteiger partial charge in [-0.3, -0.25) is 9.59 Å². The summed E-state index contributed by atoms with van der Waals surface area (Å²) in [6.07, 6.45) is 1.83. The van der Waals surface area contributed by atoms with Crippen molar-refractivity contribution in [2.45, 2.75) is 13.3 Å². The third-order valence-corrected chi connectivity index (χ3v) is 4.17. The van der Waals surface area contributed by atoms with Gasteiger partial charge in [-0.05, 0) is 55.0 Å². The van der Waals surface area contributed by atoms with E-state index in [1.54, 1.807) is 48.5 Å². The molecule has 4 aromatic rings. The van der Waals surface area contributed by atoms with Crippen LogP contribution in [-0.2, 0) is 11.2 Å². The Labute approximate surface area is 166 Å². The number of rotatable bonds is 6. The summed E-state index contributed by atoms with van der Waals surface area (Å²) >= 11 is 0. The fourth-order valence-electron chi connectivity index (χ4n) is 2.88. The summed E-state index contributed by atoms with van der Waals surface area (Å²) in [6, 6.07) is 17.6. The van der Waals surface area contributed by atoms with Crippen LogP contribution in [0.25, 0.3) is 23.1 Å². The minimum absolute atomic E-state index is 0.0451.